The number of sulfonamides is 1. The highest BCUT2D eigenvalue weighted by molar-refractivity contribution is 7.89. The summed E-state index contributed by atoms with van der Waals surface area (Å²) in [4.78, 5) is 0.173. The van der Waals surface area contributed by atoms with Crippen LogP contribution in [0.4, 0.5) is 0 Å². The van der Waals surface area contributed by atoms with Gasteiger partial charge in [0, 0.05) is 6.54 Å². The highest BCUT2D eigenvalue weighted by atomic mass is 32.2. The van der Waals surface area contributed by atoms with Gasteiger partial charge in [-0.1, -0.05) is 84.3 Å². The van der Waals surface area contributed by atoms with E-state index in [0.29, 0.717) is 6.42 Å². The summed E-state index contributed by atoms with van der Waals surface area (Å²) in [5, 5.41) is 10.6. The molecule has 0 aromatic heterocycles. The zero-order chi connectivity index (χ0) is 21.6. The van der Waals surface area contributed by atoms with Crippen molar-refractivity contribution in [2.24, 2.45) is 0 Å². The largest absolute Gasteiger partial charge is 0.379 e. The van der Waals surface area contributed by atoms with E-state index < -0.39 is 22.2 Å². The molecule has 0 radical (unpaired) electrons. The number of aliphatic hydroxyl groups excluding tert-OH is 1. The van der Waals surface area contributed by atoms with Crippen LogP contribution in [0, 0.1) is 19.3 Å². The van der Waals surface area contributed by atoms with E-state index in [2.05, 4.69) is 5.92 Å². The number of benzene rings is 3. The van der Waals surface area contributed by atoms with E-state index in [1.54, 1.807) is 24.3 Å². The lowest BCUT2D eigenvalue weighted by Crippen LogP contribution is -2.47. The van der Waals surface area contributed by atoms with E-state index in [0.717, 1.165) is 16.7 Å². The van der Waals surface area contributed by atoms with Crippen molar-refractivity contribution < 1.29 is 13.5 Å². The monoisotopic (exact) mass is 419 g/mol. The van der Waals surface area contributed by atoms with Crippen molar-refractivity contribution in [1.82, 2.24) is 4.31 Å². The molecule has 3 aromatic rings. The predicted octanol–water partition coefficient (Wildman–Crippen LogP) is 3.79. The molecule has 0 heterocycles. The van der Waals surface area contributed by atoms with Crippen molar-refractivity contribution in [3.8, 4) is 12.3 Å². The van der Waals surface area contributed by atoms with Gasteiger partial charge in [-0.2, -0.15) is 4.31 Å². The Hall–Kier alpha value is -2.91. The first kappa shape index (κ1) is 21.8. The highest BCUT2D eigenvalue weighted by Crippen LogP contribution is 2.25. The zero-order valence-corrected chi connectivity index (χ0v) is 17.7. The first-order chi connectivity index (χ1) is 14.4. The Balaban J connectivity index is 2.07. The maximum absolute atomic E-state index is 13.6. The van der Waals surface area contributed by atoms with Crippen LogP contribution in [-0.4, -0.2) is 30.0 Å². The number of terminal acetylenes is 1. The molecule has 0 spiro atoms. The molecule has 0 aliphatic rings. The molecule has 30 heavy (non-hydrogen) atoms. The summed E-state index contributed by atoms with van der Waals surface area (Å²) in [5.74, 6) is 2.33. The molecule has 4 nitrogen and oxygen atoms in total. The molecule has 0 aliphatic heterocycles. The van der Waals surface area contributed by atoms with Crippen LogP contribution in [0.15, 0.2) is 89.8 Å². The normalized spacial score (nSPS) is 13.5. The van der Waals surface area contributed by atoms with Crippen molar-refractivity contribution in [3.05, 3.63) is 102 Å². The predicted molar refractivity (Wildman–Crippen MR) is 119 cm³/mol. The van der Waals surface area contributed by atoms with Crippen LogP contribution < -0.4 is 0 Å². The van der Waals surface area contributed by atoms with E-state index >= 15 is 0 Å². The van der Waals surface area contributed by atoms with Gasteiger partial charge in [0.1, 0.15) is 6.10 Å². The van der Waals surface area contributed by atoms with Gasteiger partial charge in [-0.05, 0) is 36.6 Å². The number of aliphatic hydroxyl groups is 1. The fraction of sp³-hybridized carbons (Fsp3) is 0.200. The van der Waals surface area contributed by atoms with Crippen LogP contribution in [0.5, 0.6) is 0 Å². The second-order valence-corrected chi connectivity index (χ2v) is 9.11. The van der Waals surface area contributed by atoms with Gasteiger partial charge in [0.2, 0.25) is 10.0 Å². The topological polar surface area (TPSA) is 57.6 Å². The average Bonchev–Trinajstić information content (AvgIpc) is 2.77. The van der Waals surface area contributed by atoms with Gasteiger partial charge >= 0.3 is 0 Å². The third kappa shape index (κ3) is 5.17. The number of nitrogens with zero attached hydrogens (tertiary/aromatic N) is 1. The molecule has 1 N–H and O–H groups in total. The van der Waals surface area contributed by atoms with Crippen molar-refractivity contribution >= 4 is 10.0 Å². The van der Waals surface area contributed by atoms with Crippen molar-refractivity contribution in [2.75, 3.05) is 0 Å². The molecular weight excluding hydrogens is 394 g/mol. The van der Waals surface area contributed by atoms with Gasteiger partial charge in [0.05, 0.1) is 10.9 Å². The molecule has 0 saturated carbocycles. The van der Waals surface area contributed by atoms with Gasteiger partial charge in [0.25, 0.3) is 0 Å². The van der Waals surface area contributed by atoms with E-state index in [1.165, 1.54) is 4.31 Å². The zero-order valence-electron chi connectivity index (χ0n) is 16.8. The molecule has 0 amide bonds. The van der Waals surface area contributed by atoms with Crippen LogP contribution in [0.1, 0.15) is 16.7 Å². The summed E-state index contributed by atoms with van der Waals surface area (Å²) >= 11 is 0. The molecule has 0 saturated heterocycles. The first-order valence-corrected chi connectivity index (χ1v) is 11.2. The average molecular weight is 420 g/mol. The Labute approximate surface area is 178 Å². The number of rotatable bonds is 8. The summed E-state index contributed by atoms with van der Waals surface area (Å²) < 4.78 is 28.6. The van der Waals surface area contributed by atoms with Crippen LogP contribution >= 0.6 is 0 Å². The third-order valence-electron chi connectivity index (χ3n) is 5.00. The molecular formula is C25H25NO3S. The van der Waals surface area contributed by atoms with Crippen LogP contribution in [0.3, 0.4) is 0 Å². The number of hydrogen-bond donors (Lipinski definition) is 1. The fourth-order valence-electron chi connectivity index (χ4n) is 3.33. The molecule has 0 aliphatic carbocycles. The Morgan fingerprint density at radius 2 is 1.43 bits per heavy atom. The minimum Gasteiger partial charge on any atom is -0.379 e. The maximum atomic E-state index is 13.6. The van der Waals surface area contributed by atoms with E-state index in [9.17, 15) is 13.5 Å². The number of aryl methyl sites for hydroxylation is 1. The molecule has 3 rings (SSSR count). The Bertz CT molecular complexity index is 1090. The van der Waals surface area contributed by atoms with Crippen molar-refractivity contribution in [1.29, 1.82) is 0 Å². The summed E-state index contributed by atoms with van der Waals surface area (Å²) in [5.41, 5.74) is 2.68. The van der Waals surface area contributed by atoms with Gasteiger partial charge < -0.3 is 5.11 Å². The van der Waals surface area contributed by atoms with Crippen LogP contribution in [-0.2, 0) is 23.0 Å². The lowest BCUT2D eigenvalue weighted by atomic mass is 10.0. The van der Waals surface area contributed by atoms with E-state index in [4.69, 9.17) is 6.42 Å². The van der Waals surface area contributed by atoms with Crippen molar-refractivity contribution in [3.63, 3.8) is 0 Å². The second-order valence-electron chi connectivity index (χ2n) is 7.22. The van der Waals surface area contributed by atoms with Gasteiger partial charge in [-0.25, -0.2) is 8.42 Å². The first-order valence-electron chi connectivity index (χ1n) is 9.72. The molecule has 0 fully saturated rings. The minimum absolute atomic E-state index is 0.104. The molecule has 5 heteroatoms. The van der Waals surface area contributed by atoms with Gasteiger partial charge in [-0.3, -0.25) is 0 Å². The third-order valence-corrected chi connectivity index (χ3v) is 6.89. The molecule has 154 valence electrons. The van der Waals surface area contributed by atoms with Gasteiger partial charge in [-0.15, -0.1) is 6.42 Å². The Kier molecular flexibility index (Phi) is 7.07. The Morgan fingerprint density at radius 3 is 1.97 bits per heavy atom. The van der Waals surface area contributed by atoms with E-state index in [1.807, 2.05) is 67.6 Å². The smallest absolute Gasteiger partial charge is 0.243 e. The lowest BCUT2D eigenvalue weighted by molar-refractivity contribution is 0.131. The Morgan fingerprint density at radius 1 is 0.900 bits per heavy atom. The second kappa shape index (κ2) is 9.73. The lowest BCUT2D eigenvalue weighted by Gasteiger charge is -2.32. The quantitative estimate of drug-likeness (QED) is 0.565. The summed E-state index contributed by atoms with van der Waals surface area (Å²) in [6.45, 7) is 2.01. The molecule has 2 atom stereocenters. The van der Waals surface area contributed by atoms with Crippen LogP contribution in [0.25, 0.3) is 0 Å². The summed E-state index contributed by atoms with van der Waals surface area (Å²) in [6.07, 6.45) is 4.58. The maximum Gasteiger partial charge on any atom is 0.243 e. The fourth-order valence-corrected chi connectivity index (χ4v) is 4.94. The number of hydrogen-bond acceptors (Lipinski definition) is 3. The van der Waals surface area contributed by atoms with Crippen LogP contribution in [0.2, 0.25) is 0 Å². The van der Waals surface area contributed by atoms with Crippen molar-refractivity contribution in [2.45, 2.75) is 36.9 Å². The minimum atomic E-state index is -3.91. The molecule has 3 aromatic carbocycles. The SMILES string of the molecule is C#C[C@@H](O)[C@H](Cc1ccccc1)N(Cc1ccccc1)S(=O)(=O)c1ccc(C)cc1. The summed E-state index contributed by atoms with van der Waals surface area (Å²) in [6, 6.07) is 24.6. The highest BCUT2D eigenvalue weighted by Gasteiger charge is 2.35. The molecule has 0 unspecified atom stereocenters. The standard InChI is InChI=1S/C25H25NO3S/c1-3-25(27)24(18-21-10-6-4-7-11-21)26(19-22-12-8-5-9-13-22)30(28,29)23-16-14-20(2)15-17-23/h1,4-17,24-25,27H,18-19H2,2H3/t24-,25+/m0/s1. The summed E-state index contributed by atoms with van der Waals surface area (Å²) in [7, 11) is -3.91. The van der Waals surface area contributed by atoms with E-state index in [-0.39, 0.29) is 11.4 Å². The van der Waals surface area contributed by atoms with Gasteiger partial charge in [0.15, 0.2) is 0 Å². The molecule has 0 bridgehead atoms.